The minimum absolute atomic E-state index is 0.136. The van der Waals surface area contributed by atoms with Crippen molar-refractivity contribution in [1.82, 2.24) is 0 Å². The summed E-state index contributed by atoms with van der Waals surface area (Å²) in [5, 5.41) is 0. The summed E-state index contributed by atoms with van der Waals surface area (Å²) in [5.41, 5.74) is 3.07. The average molecular weight is 395 g/mol. The number of sulfonamides is 1. The van der Waals surface area contributed by atoms with E-state index in [1.165, 1.54) is 6.07 Å². The van der Waals surface area contributed by atoms with Crippen LogP contribution in [-0.4, -0.2) is 33.3 Å². The summed E-state index contributed by atoms with van der Waals surface area (Å²) < 4.78 is 29.7. The predicted molar refractivity (Wildman–Crippen MR) is 109 cm³/mol. The van der Waals surface area contributed by atoms with Crippen LogP contribution >= 0.6 is 0 Å². The van der Waals surface area contributed by atoms with Crippen LogP contribution in [-0.2, 0) is 16.4 Å². The van der Waals surface area contributed by atoms with Crippen molar-refractivity contribution in [3.05, 3.63) is 53.6 Å². The van der Waals surface area contributed by atoms with Crippen LogP contribution in [0.25, 0.3) is 0 Å². The normalized spacial score (nSPS) is 19.9. The third-order valence-electron chi connectivity index (χ3n) is 5.73. The first-order chi connectivity index (χ1) is 13.5. The first-order valence-electron chi connectivity index (χ1n) is 9.70. The highest BCUT2D eigenvalue weighted by atomic mass is 32.2. The van der Waals surface area contributed by atoms with Crippen LogP contribution in [0.4, 0.5) is 11.4 Å². The Morgan fingerprint density at radius 2 is 1.79 bits per heavy atom. The molecule has 144 valence electrons. The summed E-state index contributed by atoms with van der Waals surface area (Å²) in [6, 6.07) is 12.8. The quantitative estimate of drug-likeness (QED) is 0.742. The van der Waals surface area contributed by atoms with Crippen molar-refractivity contribution in [1.29, 1.82) is 0 Å². The second-order valence-corrected chi connectivity index (χ2v) is 9.04. The molecule has 3 aliphatic heterocycles. The van der Waals surface area contributed by atoms with Crippen molar-refractivity contribution < 1.29 is 13.2 Å². The van der Waals surface area contributed by atoms with Crippen molar-refractivity contribution >= 4 is 33.1 Å². The zero-order chi connectivity index (χ0) is 19.3. The number of amidine groups is 1. The number of para-hydroxylation sites is 1. The highest BCUT2D eigenvalue weighted by molar-refractivity contribution is 7.90. The van der Waals surface area contributed by atoms with E-state index in [0.717, 1.165) is 43.5 Å². The van der Waals surface area contributed by atoms with Gasteiger partial charge in [-0.25, -0.2) is 0 Å². The number of amides is 1. The van der Waals surface area contributed by atoms with Crippen molar-refractivity contribution in [2.45, 2.75) is 37.0 Å². The Kier molecular flexibility index (Phi) is 4.01. The van der Waals surface area contributed by atoms with E-state index in [1.54, 1.807) is 17.0 Å². The average Bonchev–Trinajstić information content (AvgIpc) is 2.99. The van der Waals surface area contributed by atoms with Crippen LogP contribution in [0.2, 0.25) is 0 Å². The van der Waals surface area contributed by atoms with Crippen molar-refractivity contribution in [3.63, 3.8) is 0 Å². The largest absolute Gasteiger partial charge is 0.328 e. The lowest BCUT2D eigenvalue weighted by Crippen LogP contribution is -2.35. The second-order valence-electron chi connectivity index (χ2n) is 7.46. The molecule has 0 bridgehead atoms. The molecule has 0 atom stereocenters. The van der Waals surface area contributed by atoms with Gasteiger partial charge < -0.3 is 9.80 Å². The smallest absolute Gasteiger partial charge is 0.286 e. The first-order valence-corrected chi connectivity index (χ1v) is 11.1. The topological polar surface area (TPSA) is 70.0 Å². The van der Waals surface area contributed by atoms with Crippen LogP contribution in [0.5, 0.6) is 0 Å². The Labute approximate surface area is 164 Å². The number of rotatable bonds is 1. The monoisotopic (exact) mass is 395 g/mol. The molecule has 7 heteroatoms. The molecule has 0 spiro atoms. The second kappa shape index (κ2) is 6.44. The van der Waals surface area contributed by atoms with Crippen molar-refractivity contribution in [2.24, 2.45) is 4.40 Å². The number of hydrogen-bond donors (Lipinski definition) is 0. The number of nitrogens with zero attached hydrogens (tertiary/aromatic N) is 3. The van der Waals surface area contributed by atoms with Gasteiger partial charge in [-0.2, -0.15) is 8.42 Å². The first kappa shape index (κ1) is 17.4. The van der Waals surface area contributed by atoms with E-state index in [1.807, 2.05) is 29.2 Å². The van der Waals surface area contributed by atoms with Crippen LogP contribution < -0.4 is 9.80 Å². The summed E-state index contributed by atoms with van der Waals surface area (Å²) in [6.45, 7) is 1.37. The number of hydrogen-bond acceptors (Lipinski definition) is 4. The molecule has 0 N–H and O–H groups in total. The lowest BCUT2D eigenvalue weighted by atomic mass is 10.1. The van der Waals surface area contributed by atoms with Gasteiger partial charge >= 0.3 is 0 Å². The van der Waals surface area contributed by atoms with E-state index < -0.39 is 10.0 Å². The minimum atomic E-state index is -3.79. The molecule has 2 aromatic carbocycles. The molecule has 1 fully saturated rings. The Morgan fingerprint density at radius 1 is 0.929 bits per heavy atom. The predicted octanol–water partition coefficient (Wildman–Crippen LogP) is 3.37. The van der Waals surface area contributed by atoms with Gasteiger partial charge in [0.2, 0.25) is 0 Å². The summed E-state index contributed by atoms with van der Waals surface area (Å²) in [7, 11) is -3.79. The van der Waals surface area contributed by atoms with E-state index in [9.17, 15) is 13.2 Å². The SMILES string of the molecule is O=C(c1ccc2c(c1)S(=O)(=O)N=C1CCCCCN12)N1CCc2ccccc21. The molecule has 1 saturated heterocycles. The lowest BCUT2D eigenvalue weighted by Gasteiger charge is -2.30. The maximum atomic E-state index is 13.1. The van der Waals surface area contributed by atoms with E-state index >= 15 is 0 Å². The van der Waals surface area contributed by atoms with Gasteiger partial charge in [0.1, 0.15) is 10.7 Å². The third kappa shape index (κ3) is 2.73. The van der Waals surface area contributed by atoms with Crippen LogP contribution in [0.3, 0.4) is 0 Å². The molecule has 6 nitrogen and oxygen atoms in total. The molecule has 0 radical (unpaired) electrons. The standard InChI is InChI=1S/C21H21N3O3S/c25-21(24-13-11-15-6-3-4-7-17(15)24)16-9-10-18-19(14-16)28(26,27)22-20-8-2-1-5-12-23(18)20/h3-4,6-7,9-10,14H,1-2,5,8,11-13H2. The molecular formula is C21H21N3O3S. The number of carbonyl (C=O) groups excluding carboxylic acids is 1. The zero-order valence-electron chi connectivity index (χ0n) is 15.5. The van der Waals surface area contributed by atoms with Gasteiger partial charge in [0.15, 0.2) is 0 Å². The fraction of sp³-hybridized carbons (Fsp3) is 0.333. The molecule has 1 amide bonds. The van der Waals surface area contributed by atoms with Gasteiger partial charge in [-0.1, -0.05) is 24.6 Å². The number of anilines is 2. The van der Waals surface area contributed by atoms with Crippen LogP contribution in [0.15, 0.2) is 51.8 Å². The summed E-state index contributed by atoms with van der Waals surface area (Å²) in [6.07, 6.45) is 4.50. The summed E-state index contributed by atoms with van der Waals surface area (Å²) in [4.78, 5) is 17.0. The van der Waals surface area contributed by atoms with Gasteiger partial charge in [0, 0.05) is 30.8 Å². The maximum absolute atomic E-state index is 13.1. The molecule has 2 aromatic rings. The fourth-order valence-corrected chi connectivity index (χ4v) is 5.60. The van der Waals surface area contributed by atoms with Gasteiger partial charge in [-0.3, -0.25) is 4.79 Å². The van der Waals surface area contributed by atoms with E-state index in [2.05, 4.69) is 4.40 Å². The number of fused-ring (bicyclic) bond motifs is 4. The van der Waals surface area contributed by atoms with Crippen molar-refractivity contribution in [2.75, 3.05) is 22.9 Å². The maximum Gasteiger partial charge on any atom is 0.286 e. The third-order valence-corrected chi connectivity index (χ3v) is 7.06. The Balaban J connectivity index is 1.55. The minimum Gasteiger partial charge on any atom is -0.328 e. The number of carbonyl (C=O) groups is 1. The molecule has 0 saturated carbocycles. The van der Waals surface area contributed by atoms with Gasteiger partial charge in [-0.05, 0) is 49.1 Å². The Hall–Kier alpha value is -2.67. The summed E-state index contributed by atoms with van der Waals surface area (Å²) >= 11 is 0. The van der Waals surface area contributed by atoms with Gasteiger partial charge in [0.05, 0.1) is 5.69 Å². The van der Waals surface area contributed by atoms with Crippen LogP contribution in [0, 0.1) is 0 Å². The molecule has 0 aliphatic carbocycles. The molecule has 0 aromatic heterocycles. The molecule has 3 aliphatic rings. The Morgan fingerprint density at radius 3 is 2.68 bits per heavy atom. The Bertz CT molecular complexity index is 1110. The molecule has 28 heavy (non-hydrogen) atoms. The highest BCUT2D eigenvalue weighted by Gasteiger charge is 2.33. The van der Waals surface area contributed by atoms with E-state index in [-0.39, 0.29) is 10.8 Å². The lowest BCUT2D eigenvalue weighted by molar-refractivity contribution is 0.0989. The van der Waals surface area contributed by atoms with E-state index in [4.69, 9.17) is 0 Å². The highest BCUT2D eigenvalue weighted by Crippen LogP contribution is 2.36. The van der Waals surface area contributed by atoms with Gasteiger partial charge in [0.25, 0.3) is 15.9 Å². The summed E-state index contributed by atoms with van der Waals surface area (Å²) in [5.74, 6) is 0.450. The van der Waals surface area contributed by atoms with Crippen molar-refractivity contribution in [3.8, 4) is 0 Å². The number of benzene rings is 2. The molecular weight excluding hydrogens is 374 g/mol. The molecule has 0 unspecified atom stereocenters. The van der Waals surface area contributed by atoms with Gasteiger partial charge in [-0.15, -0.1) is 4.40 Å². The van der Waals surface area contributed by atoms with Crippen LogP contribution in [0.1, 0.15) is 41.6 Å². The molecule has 5 rings (SSSR count). The van der Waals surface area contributed by atoms with E-state index in [0.29, 0.717) is 30.1 Å². The molecule has 3 heterocycles. The zero-order valence-corrected chi connectivity index (χ0v) is 16.3. The fourth-order valence-electron chi connectivity index (χ4n) is 4.32.